The van der Waals surface area contributed by atoms with Gasteiger partial charge in [0.05, 0.1) is 6.61 Å². The smallest absolute Gasteiger partial charge is 0.305 e. The minimum Gasteiger partial charge on any atom is -0.466 e. The van der Waals surface area contributed by atoms with Crippen molar-refractivity contribution in [3.63, 3.8) is 0 Å². The van der Waals surface area contributed by atoms with Crippen LogP contribution in [0.1, 0.15) is 258 Å². The third-order valence-electron chi connectivity index (χ3n) is 9.90. The molecule has 0 saturated carbocycles. The lowest BCUT2D eigenvalue weighted by Crippen LogP contribution is -2.05. The fourth-order valence-corrected chi connectivity index (χ4v) is 6.66. The number of carbonyl (C=O) groups excluding carboxylic acids is 1. The summed E-state index contributed by atoms with van der Waals surface area (Å²) < 4.78 is 5.47. The lowest BCUT2D eigenvalue weighted by molar-refractivity contribution is -0.143. The lowest BCUT2D eigenvalue weighted by Gasteiger charge is -2.06. The molecule has 0 rings (SSSR count). The van der Waals surface area contributed by atoms with E-state index < -0.39 is 0 Å². The molecule has 0 N–H and O–H groups in total. The van der Waals surface area contributed by atoms with Gasteiger partial charge in [-0.25, -0.2) is 0 Å². The highest BCUT2D eigenvalue weighted by atomic mass is 16.5. The summed E-state index contributed by atoms with van der Waals surface area (Å²) in [6, 6.07) is 0. The maximum absolute atomic E-state index is 12.0. The number of unbranched alkanes of at least 4 members (excludes halogenated alkanes) is 34. The van der Waals surface area contributed by atoms with E-state index in [1.165, 1.54) is 225 Å². The molecule has 274 valence electrons. The Labute approximate surface area is 291 Å². The molecular weight excluding hydrogens is 560 g/mol. The molecule has 0 amide bonds. The molecule has 0 saturated heterocycles. The molecule has 0 aromatic carbocycles. The summed E-state index contributed by atoms with van der Waals surface area (Å²) in [5.74, 6) is 0.0243. The maximum atomic E-state index is 12.0. The molecular formula is C44H86O2. The Kier molecular flexibility index (Phi) is 41.5. The van der Waals surface area contributed by atoms with Gasteiger partial charge in [0.1, 0.15) is 0 Å². The van der Waals surface area contributed by atoms with E-state index in [0.717, 1.165) is 12.8 Å². The van der Waals surface area contributed by atoms with Crippen molar-refractivity contribution in [3.8, 4) is 0 Å². The first-order valence-corrected chi connectivity index (χ1v) is 21.6. The highest BCUT2D eigenvalue weighted by molar-refractivity contribution is 5.69. The highest BCUT2D eigenvalue weighted by Gasteiger charge is 2.03. The Morgan fingerprint density at radius 2 is 0.609 bits per heavy atom. The van der Waals surface area contributed by atoms with Crippen LogP contribution in [0.4, 0.5) is 0 Å². The van der Waals surface area contributed by atoms with E-state index in [1.807, 2.05) is 0 Å². The second-order valence-electron chi connectivity index (χ2n) is 14.7. The first-order chi connectivity index (χ1) is 22.8. The summed E-state index contributed by atoms with van der Waals surface area (Å²) in [6.07, 6.45) is 56.0. The third-order valence-corrected chi connectivity index (χ3v) is 9.90. The summed E-state index contributed by atoms with van der Waals surface area (Å²) in [7, 11) is 0. The van der Waals surface area contributed by atoms with Crippen LogP contribution in [0, 0.1) is 0 Å². The molecule has 0 unspecified atom stereocenters. The Hall–Kier alpha value is -0.790. The van der Waals surface area contributed by atoms with Crippen molar-refractivity contribution in [2.45, 2.75) is 258 Å². The first kappa shape index (κ1) is 45.2. The van der Waals surface area contributed by atoms with Gasteiger partial charge in [0, 0.05) is 6.42 Å². The molecule has 0 aromatic rings. The van der Waals surface area contributed by atoms with Crippen LogP contribution in [0.15, 0.2) is 12.2 Å². The van der Waals surface area contributed by atoms with Crippen LogP contribution in [0.3, 0.4) is 0 Å². The van der Waals surface area contributed by atoms with Crippen molar-refractivity contribution >= 4 is 5.97 Å². The van der Waals surface area contributed by atoms with Crippen molar-refractivity contribution in [3.05, 3.63) is 12.2 Å². The molecule has 0 atom stereocenters. The second kappa shape index (κ2) is 42.2. The molecule has 2 heteroatoms. The molecule has 0 aliphatic heterocycles. The van der Waals surface area contributed by atoms with Crippen LogP contribution in [-0.4, -0.2) is 12.6 Å². The van der Waals surface area contributed by atoms with Crippen molar-refractivity contribution in [1.82, 2.24) is 0 Å². The van der Waals surface area contributed by atoms with E-state index in [9.17, 15) is 4.79 Å². The molecule has 0 bridgehead atoms. The van der Waals surface area contributed by atoms with Crippen LogP contribution in [0.5, 0.6) is 0 Å². The quantitative estimate of drug-likeness (QED) is 0.0376. The van der Waals surface area contributed by atoms with Crippen molar-refractivity contribution in [1.29, 1.82) is 0 Å². The van der Waals surface area contributed by atoms with Crippen molar-refractivity contribution in [2.24, 2.45) is 0 Å². The zero-order valence-corrected chi connectivity index (χ0v) is 32.0. The Morgan fingerprint density at radius 1 is 0.348 bits per heavy atom. The van der Waals surface area contributed by atoms with Gasteiger partial charge in [-0.2, -0.15) is 0 Å². The third kappa shape index (κ3) is 41.2. The fraction of sp³-hybridized carbons (Fsp3) is 0.932. The Bertz CT molecular complexity index is 582. The number of esters is 1. The van der Waals surface area contributed by atoms with E-state index in [-0.39, 0.29) is 5.97 Å². The minimum absolute atomic E-state index is 0.0243. The summed E-state index contributed by atoms with van der Waals surface area (Å²) in [4.78, 5) is 12.0. The van der Waals surface area contributed by atoms with E-state index in [4.69, 9.17) is 4.74 Å². The Balaban J connectivity index is 3.17. The molecule has 0 fully saturated rings. The number of ether oxygens (including phenoxy) is 1. The van der Waals surface area contributed by atoms with Gasteiger partial charge in [-0.15, -0.1) is 0 Å². The predicted octanol–water partition coefficient (Wildman–Crippen LogP) is 15.9. The maximum Gasteiger partial charge on any atom is 0.305 e. The van der Waals surface area contributed by atoms with Crippen LogP contribution in [0.25, 0.3) is 0 Å². The highest BCUT2D eigenvalue weighted by Crippen LogP contribution is 2.16. The minimum atomic E-state index is 0.0243. The van der Waals surface area contributed by atoms with Crippen molar-refractivity contribution < 1.29 is 9.53 Å². The molecule has 0 spiro atoms. The lowest BCUT2D eigenvalue weighted by atomic mass is 10.0. The SMILES string of the molecule is CCCCCCCCC=CCCCCCCCCCC(=O)OCCCCCCCCCCCCCCCCCCCCCCCC. The largest absolute Gasteiger partial charge is 0.466 e. The number of rotatable bonds is 40. The van der Waals surface area contributed by atoms with E-state index in [2.05, 4.69) is 26.0 Å². The van der Waals surface area contributed by atoms with Crippen molar-refractivity contribution in [2.75, 3.05) is 6.61 Å². The van der Waals surface area contributed by atoms with Crippen LogP contribution >= 0.6 is 0 Å². The predicted molar refractivity (Wildman–Crippen MR) is 207 cm³/mol. The monoisotopic (exact) mass is 647 g/mol. The zero-order chi connectivity index (χ0) is 33.3. The number of hydrogen-bond acceptors (Lipinski definition) is 2. The van der Waals surface area contributed by atoms with Crippen LogP contribution < -0.4 is 0 Å². The molecule has 0 aliphatic carbocycles. The summed E-state index contributed by atoms with van der Waals surface area (Å²) in [5.41, 5.74) is 0. The van der Waals surface area contributed by atoms with Gasteiger partial charge in [0.25, 0.3) is 0 Å². The average Bonchev–Trinajstić information content (AvgIpc) is 3.06. The van der Waals surface area contributed by atoms with E-state index >= 15 is 0 Å². The first-order valence-electron chi connectivity index (χ1n) is 21.6. The normalized spacial score (nSPS) is 11.6. The van der Waals surface area contributed by atoms with Gasteiger partial charge in [-0.05, 0) is 38.5 Å². The topological polar surface area (TPSA) is 26.3 Å². The average molecular weight is 647 g/mol. The zero-order valence-electron chi connectivity index (χ0n) is 32.0. The second-order valence-corrected chi connectivity index (χ2v) is 14.7. The van der Waals surface area contributed by atoms with Gasteiger partial charge in [-0.3, -0.25) is 4.79 Å². The van der Waals surface area contributed by atoms with Crippen LogP contribution in [0.2, 0.25) is 0 Å². The summed E-state index contributed by atoms with van der Waals surface area (Å²) in [6.45, 7) is 5.21. The molecule has 0 radical (unpaired) electrons. The van der Waals surface area contributed by atoms with E-state index in [1.54, 1.807) is 0 Å². The van der Waals surface area contributed by atoms with E-state index in [0.29, 0.717) is 13.0 Å². The van der Waals surface area contributed by atoms with Gasteiger partial charge in [0.15, 0.2) is 0 Å². The summed E-state index contributed by atoms with van der Waals surface area (Å²) in [5, 5.41) is 0. The Morgan fingerprint density at radius 3 is 0.935 bits per heavy atom. The van der Waals surface area contributed by atoms with Gasteiger partial charge in [0.2, 0.25) is 0 Å². The number of hydrogen-bond donors (Lipinski definition) is 0. The number of carbonyl (C=O) groups is 1. The molecule has 46 heavy (non-hydrogen) atoms. The van der Waals surface area contributed by atoms with Gasteiger partial charge >= 0.3 is 5.97 Å². The summed E-state index contributed by atoms with van der Waals surface area (Å²) >= 11 is 0. The standard InChI is InChI=1S/C44H86O2/c1-3-5-7-9-11-13-15-17-19-21-22-23-24-25-27-29-31-33-35-37-39-41-43-46-44(45)42-40-38-36-34-32-30-28-26-20-18-16-14-12-10-8-6-4-2/h18,20H,3-17,19,21-43H2,1-2H3. The van der Waals surface area contributed by atoms with Crippen LogP contribution in [-0.2, 0) is 9.53 Å². The number of allylic oxidation sites excluding steroid dienone is 2. The molecule has 0 aromatic heterocycles. The fourth-order valence-electron chi connectivity index (χ4n) is 6.66. The van der Waals surface area contributed by atoms with Gasteiger partial charge < -0.3 is 4.74 Å². The molecule has 0 heterocycles. The molecule has 2 nitrogen and oxygen atoms in total. The molecule has 0 aliphatic rings. The van der Waals surface area contributed by atoms with Gasteiger partial charge in [-0.1, -0.05) is 225 Å².